The van der Waals surface area contributed by atoms with Crippen LogP contribution in [0.5, 0.6) is 0 Å². The number of primary amides is 1. The Bertz CT molecular complexity index is 806. The van der Waals surface area contributed by atoms with Gasteiger partial charge in [0, 0.05) is 18.2 Å². The van der Waals surface area contributed by atoms with Crippen molar-refractivity contribution in [1.82, 2.24) is 9.97 Å². The summed E-state index contributed by atoms with van der Waals surface area (Å²) in [6.45, 7) is 1.40. The topological polar surface area (TPSA) is 102 Å². The van der Waals surface area contributed by atoms with Gasteiger partial charge in [-0.25, -0.2) is 9.97 Å². The molecule has 1 amide bonds. The van der Waals surface area contributed by atoms with Crippen LogP contribution < -0.4 is 10.6 Å². The highest BCUT2D eigenvalue weighted by Crippen LogP contribution is 2.57. The Hall–Kier alpha value is -1.73. The van der Waals surface area contributed by atoms with E-state index in [-0.39, 0.29) is 6.04 Å². The van der Waals surface area contributed by atoms with Gasteiger partial charge in [0.15, 0.2) is 0 Å². The van der Waals surface area contributed by atoms with E-state index in [4.69, 9.17) is 15.5 Å². The molecule has 4 bridgehead atoms. The lowest BCUT2D eigenvalue weighted by molar-refractivity contribution is -0.138. The van der Waals surface area contributed by atoms with Crippen LogP contribution in [-0.2, 0) is 4.74 Å². The zero-order valence-corrected chi connectivity index (χ0v) is 16.1. The van der Waals surface area contributed by atoms with Crippen molar-refractivity contribution >= 4 is 11.9 Å². The predicted octanol–water partition coefficient (Wildman–Crippen LogP) is 1.60. The van der Waals surface area contributed by atoms with Crippen LogP contribution in [-0.4, -0.2) is 51.9 Å². The Labute approximate surface area is 164 Å². The van der Waals surface area contributed by atoms with Gasteiger partial charge in [-0.05, 0) is 62.7 Å². The van der Waals surface area contributed by atoms with E-state index in [1.54, 1.807) is 6.20 Å². The van der Waals surface area contributed by atoms with Crippen molar-refractivity contribution in [2.45, 2.75) is 68.5 Å². The summed E-state index contributed by atoms with van der Waals surface area (Å²) in [5.41, 5.74) is 6.41. The summed E-state index contributed by atoms with van der Waals surface area (Å²) in [6.07, 6.45) is 8.92. The van der Waals surface area contributed by atoms with Gasteiger partial charge in [0.05, 0.1) is 36.1 Å². The molecule has 2 unspecified atom stereocenters. The second-order valence-corrected chi connectivity index (χ2v) is 9.89. The summed E-state index contributed by atoms with van der Waals surface area (Å²) in [6, 6.07) is 0.640. The minimum Gasteiger partial charge on any atom is -0.390 e. The molecule has 1 aromatic heterocycles. The van der Waals surface area contributed by atoms with E-state index in [0.29, 0.717) is 48.5 Å². The van der Waals surface area contributed by atoms with Crippen molar-refractivity contribution < 1.29 is 14.6 Å². The fourth-order valence-electron chi connectivity index (χ4n) is 6.70. The lowest BCUT2D eigenvalue weighted by Gasteiger charge is -2.61. The minimum absolute atomic E-state index is 0.281. The van der Waals surface area contributed by atoms with Crippen LogP contribution in [0.4, 0.5) is 5.95 Å². The zero-order valence-electron chi connectivity index (χ0n) is 16.1. The van der Waals surface area contributed by atoms with E-state index in [1.807, 2.05) is 0 Å². The van der Waals surface area contributed by atoms with E-state index < -0.39 is 11.5 Å². The number of aromatic nitrogens is 2. The maximum absolute atomic E-state index is 11.9. The summed E-state index contributed by atoms with van der Waals surface area (Å²) in [7, 11) is 0. The van der Waals surface area contributed by atoms with Crippen molar-refractivity contribution in [2.75, 3.05) is 18.1 Å². The molecule has 2 atom stereocenters. The predicted molar refractivity (Wildman–Crippen MR) is 102 cm³/mol. The van der Waals surface area contributed by atoms with Gasteiger partial charge in [-0.2, -0.15) is 0 Å². The van der Waals surface area contributed by atoms with E-state index in [0.717, 1.165) is 43.7 Å². The Kier molecular flexibility index (Phi) is 3.61. The molecule has 5 aliphatic carbocycles. The fraction of sp³-hybridized carbons (Fsp3) is 0.762. The van der Waals surface area contributed by atoms with E-state index in [9.17, 15) is 9.90 Å². The highest BCUT2D eigenvalue weighted by molar-refractivity contribution is 5.94. The number of hydrogen-bond acceptors (Lipinski definition) is 6. The molecule has 0 aromatic carbocycles. The van der Waals surface area contributed by atoms with Crippen molar-refractivity contribution in [1.29, 1.82) is 0 Å². The van der Waals surface area contributed by atoms with Crippen LogP contribution in [0.2, 0.25) is 0 Å². The highest BCUT2D eigenvalue weighted by Gasteiger charge is 2.57. The molecular formula is C21H28N4O3. The molecule has 6 fully saturated rings. The summed E-state index contributed by atoms with van der Waals surface area (Å²) in [5.74, 6) is 2.26. The van der Waals surface area contributed by atoms with Gasteiger partial charge >= 0.3 is 0 Å². The number of rotatable bonds is 5. The van der Waals surface area contributed by atoms with Crippen LogP contribution in [0.25, 0.3) is 0 Å². The van der Waals surface area contributed by atoms with Crippen LogP contribution in [0.1, 0.15) is 66.9 Å². The Morgan fingerprint density at radius 2 is 1.93 bits per heavy atom. The van der Waals surface area contributed by atoms with Crippen LogP contribution in [0, 0.1) is 17.8 Å². The number of carbonyl (C=O) groups is 1. The highest BCUT2D eigenvalue weighted by atomic mass is 16.5. The van der Waals surface area contributed by atoms with Crippen molar-refractivity contribution in [2.24, 2.45) is 23.5 Å². The second-order valence-electron chi connectivity index (χ2n) is 9.89. The summed E-state index contributed by atoms with van der Waals surface area (Å²) < 4.78 is 5.53. The summed E-state index contributed by atoms with van der Waals surface area (Å²) in [4.78, 5) is 23.8. The number of ether oxygens (including phenoxy) is 1. The number of hydrogen-bond donors (Lipinski definition) is 2. The average molecular weight is 384 g/mol. The van der Waals surface area contributed by atoms with Gasteiger partial charge in [0.25, 0.3) is 5.91 Å². The number of nitrogens with zero attached hydrogens (tertiary/aromatic N) is 3. The molecule has 6 aliphatic rings. The van der Waals surface area contributed by atoms with Crippen molar-refractivity contribution in [3.63, 3.8) is 0 Å². The second kappa shape index (κ2) is 5.89. The van der Waals surface area contributed by atoms with E-state index >= 15 is 0 Å². The van der Waals surface area contributed by atoms with Gasteiger partial charge in [-0.1, -0.05) is 0 Å². The first kappa shape index (κ1) is 17.2. The van der Waals surface area contributed by atoms with E-state index in [2.05, 4.69) is 9.88 Å². The van der Waals surface area contributed by atoms with Crippen molar-refractivity contribution in [3.05, 3.63) is 17.5 Å². The van der Waals surface area contributed by atoms with E-state index in [1.165, 1.54) is 12.8 Å². The number of nitrogens with two attached hydrogens (primary N) is 1. The first-order chi connectivity index (χ1) is 13.5. The quantitative estimate of drug-likeness (QED) is 0.800. The Morgan fingerprint density at radius 3 is 2.46 bits per heavy atom. The van der Waals surface area contributed by atoms with Crippen LogP contribution >= 0.6 is 0 Å². The van der Waals surface area contributed by atoms with Gasteiger partial charge < -0.3 is 20.5 Å². The maximum Gasteiger partial charge on any atom is 0.252 e. The molecule has 7 heteroatoms. The lowest BCUT2D eigenvalue weighted by Crippen LogP contribution is -2.66. The number of carbonyl (C=O) groups excluding carboxylic acids is 1. The van der Waals surface area contributed by atoms with Gasteiger partial charge in [-0.3, -0.25) is 4.79 Å². The monoisotopic (exact) mass is 384 g/mol. The Balaban J connectivity index is 1.39. The Morgan fingerprint density at radius 1 is 1.21 bits per heavy atom. The maximum atomic E-state index is 11.9. The first-order valence-electron chi connectivity index (χ1n) is 10.8. The fourth-order valence-corrected chi connectivity index (χ4v) is 6.70. The minimum atomic E-state index is -0.454. The molecule has 7 rings (SSSR count). The molecule has 3 N–H and O–H groups in total. The lowest BCUT2D eigenvalue weighted by atomic mass is 9.52. The molecule has 28 heavy (non-hydrogen) atoms. The van der Waals surface area contributed by atoms with Gasteiger partial charge in [-0.15, -0.1) is 0 Å². The zero-order chi connectivity index (χ0) is 19.0. The SMILES string of the molecule is NC(=O)c1cnc(N(C2COC2)C2C3CC4CC2CC(O)(C4)C3)nc1C1CC1. The molecule has 1 aliphatic heterocycles. The van der Waals surface area contributed by atoms with Crippen molar-refractivity contribution in [3.8, 4) is 0 Å². The molecule has 7 nitrogen and oxygen atoms in total. The normalized spacial score (nSPS) is 39.0. The molecular weight excluding hydrogens is 356 g/mol. The third kappa shape index (κ3) is 2.59. The average Bonchev–Trinajstić information content (AvgIpc) is 3.41. The molecule has 2 heterocycles. The molecule has 1 saturated heterocycles. The third-order valence-corrected chi connectivity index (χ3v) is 7.79. The van der Waals surface area contributed by atoms with Crippen LogP contribution in [0.3, 0.4) is 0 Å². The molecule has 0 radical (unpaired) electrons. The molecule has 5 saturated carbocycles. The molecule has 1 aromatic rings. The largest absolute Gasteiger partial charge is 0.390 e. The van der Waals surface area contributed by atoms with Gasteiger partial charge in [0.2, 0.25) is 5.95 Å². The summed E-state index contributed by atoms with van der Waals surface area (Å²) in [5, 5.41) is 11.0. The number of amides is 1. The third-order valence-electron chi connectivity index (χ3n) is 7.79. The first-order valence-corrected chi connectivity index (χ1v) is 10.8. The number of aliphatic hydroxyl groups is 1. The standard InChI is InChI=1S/C21H28N4O3/c22-19(26)16-8-23-20(24-17(16)12-1-2-12)25(15-9-28-10-15)18-13-3-11-4-14(18)7-21(27,5-11)6-13/h8,11-15,18,27H,1-7,9-10H2,(H2,22,26). The molecule has 150 valence electrons. The smallest absolute Gasteiger partial charge is 0.252 e. The van der Waals surface area contributed by atoms with Crippen LogP contribution in [0.15, 0.2) is 6.20 Å². The molecule has 0 spiro atoms. The summed E-state index contributed by atoms with van der Waals surface area (Å²) >= 11 is 0. The van der Waals surface area contributed by atoms with Gasteiger partial charge in [0.1, 0.15) is 0 Å². The number of anilines is 1.